The Labute approximate surface area is 68.7 Å². The second-order valence-corrected chi connectivity index (χ2v) is 1.08. The minimum Gasteiger partial charge on any atom is -0.396 e. The third-order valence-electron chi connectivity index (χ3n) is 0.512. The van der Waals surface area contributed by atoms with E-state index in [2.05, 4.69) is 6.92 Å². The fourth-order valence-corrected chi connectivity index (χ4v) is 0.158. The molecule has 0 amide bonds. The van der Waals surface area contributed by atoms with Crippen molar-refractivity contribution in [1.29, 1.82) is 0 Å². The van der Waals surface area contributed by atoms with Gasteiger partial charge in [-0.2, -0.15) is 0 Å². The summed E-state index contributed by atoms with van der Waals surface area (Å²) in [5, 5.41) is 8.07. The largest absolute Gasteiger partial charge is 0.396 e. The molecule has 0 radical (unpaired) electrons. The van der Waals surface area contributed by atoms with Crippen LogP contribution in [0.3, 0.4) is 0 Å². The van der Waals surface area contributed by atoms with E-state index in [0.29, 0.717) is 6.61 Å². The molecule has 0 bridgehead atoms. The molecule has 1 N–H and O–H groups in total. The Morgan fingerprint density at radius 2 is 2.00 bits per heavy atom. The van der Waals surface area contributed by atoms with E-state index in [4.69, 9.17) is 5.11 Å². The molecule has 2 heteroatoms. The first-order chi connectivity index (χ1) is 2.41. The van der Waals surface area contributed by atoms with E-state index < -0.39 is 0 Å². The van der Waals surface area contributed by atoms with Crippen LogP contribution >= 0.6 is 0 Å². The van der Waals surface area contributed by atoms with Crippen molar-refractivity contribution >= 4 is 0 Å². The standard InChI is InChI=1S/C4H10O.Ar/c1-2-3-4-5;/h5H,2-4H2,1H3;. The fourth-order valence-electron chi connectivity index (χ4n) is 0.158. The molecule has 0 aliphatic heterocycles. The Morgan fingerprint density at radius 1 is 1.50 bits per heavy atom. The summed E-state index contributed by atoms with van der Waals surface area (Å²) in [6, 6.07) is 0. The van der Waals surface area contributed by atoms with Crippen LogP contribution in [-0.4, -0.2) is 11.7 Å². The van der Waals surface area contributed by atoms with Crippen LogP contribution in [0, 0.1) is 37.7 Å². The molecule has 0 aliphatic carbocycles. The Morgan fingerprint density at radius 3 is 2.00 bits per heavy atom. The van der Waals surface area contributed by atoms with Gasteiger partial charge in [-0.15, -0.1) is 0 Å². The van der Waals surface area contributed by atoms with Gasteiger partial charge in [0.1, 0.15) is 0 Å². The van der Waals surface area contributed by atoms with Gasteiger partial charge in [0.05, 0.1) is 0 Å². The molecule has 0 unspecified atom stereocenters. The summed E-state index contributed by atoms with van der Waals surface area (Å²) in [5.74, 6) is 0. The Hall–Kier alpha value is 1.22. The first kappa shape index (κ1) is 10.3. The Kier molecular flexibility index (Phi) is 16.3. The van der Waals surface area contributed by atoms with Gasteiger partial charge in [0, 0.05) is 44.3 Å². The summed E-state index contributed by atoms with van der Waals surface area (Å²) in [4.78, 5) is 0. The predicted octanol–water partition coefficient (Wildman–Crippen LogP) is 0.779. The smallest absolute Gasteiger partial charge is 0.0430 e. The number of rotatable bonds is 2. The number of hydrogen-bond acceptors (Lipinski definition) is 1. The van der Waals surface area contributed by atoms with Gasteiger partial charge in [-0.05, 0) is 6.42 Å². The molecule has 0 rings (SSSR count). The third-order valence-corrected chi connectivity index (χ3v) is 0.512. The minimum atomic E-state index is 0. The van der Waals surface area contributed by atoms with Crippen molar-refractivity contribution in [3.63, 3.8) is 0 Å². The van der Waals surface area contributed by atoms with Crippen molar-refractivity contribution < 1.29 is 42.8 Å². The van der Waals surface area contributed by atoms with E-state index in [0.717, 1.165) is 12.8 Å². The molecule has 0 heterocycles. The molecule has 0 fully saturated rings. The van der Waals surface area contributed by atoms with E-state index in [1.165, 1.54) is 0 Å². The zero-order chi connectivity index (χ0) is 4.12. The number of aliphatic hydroxyl groups excluding tert-OH is 1. The van der Waals surface area contributed by atoms with E-state index >= 15 is 0 Å². The molecule has 6 heavy (non-hydrogen) atoms. The molecule has 0 aromatic heterocycles. The first-order valence-corrected chi connectivity index (χ1v) is 2.02. The van der Waals surface area contributed by atoms with Gasteiger partial charge >= 0.3 is 0 Å². The van der Waals surface area contributed by atoms with Crippen molar-refractivity contribution in [2.45, 2.75) is 19.8 Å². The van der Waals surface area contributed by atoms with Crippen LogP contribution in [-0.2, 0) is 0 Å². The second-order valence-electron chi connectivity index (χ2n) is 1.08. The first-order valence-electron chi connectivity index (χ1n) is 2.02. The van der Waals surface area contributed by atoms with Gasteiger partial charge in [-0.1, -0.05) is 13.3 Å². The predicted molar refractivity (Wildman–Crippen MR) is 22.0 cm³/mol. The third kappa shape index (κ3) is 8.97. The van der Waals surface area contributed by atoms with Crippen molar-refractivity contribution in [2.24, 2.45) is 0 Å². The summed E-state index contributed by atoms with van der Waals surface area (Å²) in [5.41, 5.74) is 0. The summed E-state index contributed by atoms with van der Waals surface area (Å²) in [6.07, 6.45) is 2.04. The van der Waals surface area contributed by atoms with Crippen molar-refractivity contribution in [1.82, 2.24) is 0 Å². The van der Waals surface area contributed by atoms with E-state index in [1.54, 1.807) is 0 Å². The average molecular weight is 114 g/mol. The minimum absolute atomic E-state index is 0. The molecule has 0 saturated carbocycles. The molecule has 0 aromatic carbocycles. The van der Waals surface area contributed by atoms with Crippen molar-refractivity contribution in [3.8, 4) is 0 Å². The van der Waals surface area contributed by atoms with Crippen LogP contribution in [0.25, 0.3) is 0 Å². The van der Waals surface area contributed by atoms with Crippen LogP contribution in [0.4, 0.5) is 0 Å². The maximum Gasteiger partial charge on any atom is 0.0430 e. The summed E-state index contributed by atoms with van der Waals surface area (Å²) in [6.45, 7) is 2.40. The van der Waals surface area contributed by atoms with E-state index in [-0.39, 0.29) is 37.7 Å². The maximum absolute atomic E-state index is 8.07. The SMILES string of the molecule is CCCCO.[Ar]. The monoisotopic (exact) mass is 114 g/mol. The average Bonchev–Trinajstić information content (AvgIpc) is 1.41. The molecule has 0 atom stereocenters. The van der Waals surface area contributed by atoms with Gasteiger partial charge in [-0.25, -0.2) is 0 Å². The molecule has 0 spiro atoms. The maximum atomic E-state index is 8.07. The Balaban J connectivity index is 0. The van der Waals surface area contributed by atoms with Gasteiger partial charge in [0.25, 0.3) is 0 Å². The summed E-state index contributed by atoms with van der Waals surface area (Å²) < 4.78 is 0. The zero-order valence-corrected chi connectivity index (χ0v) is 4.63. The zero-order valence-electron chi connectivity index (χ0n) is 3.92. The number of unbranched alkanes of at least 4 members (excludes halogenated alkanes) is 1. The van der Waals surface area contributed by atoms with Crippen LogP contribution in [0.2, 0.25) is 0 Å². The van der Waals surface area contributed by atoms with Crippen LogP contribution < -0.4 is 0 Å². The summed E-state index contributed by atoms with van der Waals surface area (Å²) >= 11 is 0. The second kappa shape index (κ2) is 9.52. The molecule has 0 saturated heterocycles. The number of hydrogen-bond donors (Lipinski definition) is 1. The molecule has 0 aliphatic rings. The van der Waals surface area contributed by atoms with Crippen LogP contribution in [0.15, 0.2) is 0 Å². The molecular weight excluding hydrogens is 104 g/mol. The fraction of sp³-hybridized carbons (Fsp3) is 1.00. The van der Waals surface area contributed by atoms with E-state index in [1.807, 2.05) is 0 Å². The van der Waals surface area contributed by atoms with Gasteiger partial charge in [-0.3, -0.25) is 0 Å². The van der Waals surface area contributed by atoms with Crippen LogP contribution in [0.1, 0.15) is 19.8 Å². The molecule has 1 nitrogen and oxygen atoms in total. The van der Waals surface area contributed by atoms with Gasteiger partial charge in [0.15, 0.2) is 0 Å². The van der Waals surface area contributed by atoms with Crippen LogP contribution in [0.5, 0.6) is 0 Å². The number of aliphatic hydroxyl groups is 1. The topological polar surface area (TPSA) is 20.2 Å². The molecule has 40 valence electrons. The molecule has 0 aromatic rings. The van der Waals surface area contributed by atoms with Gasteiger partial charge in [0.2, 0.25) is 0 Å². The Bertz CT molecular complexity index is 15.0. The molecular formula is C4H10ArO. The van der Waals surface area contributed by atoms with Gasteiger partial charge < -0.3 is 5.11 Å². The van der Waals surface area contributed by atoms with E-state index in [9.17, 15) is 0 Å². The van der Waals surface area contributed by atoms with Crippen molar-refractivity contribution in [3.05, 3.63) is 0 Å². The quantitative estimate of drug-likeness (QED) is 0.562. The normalized spacial score (nSPS) is 7.00. The summed E-state index contributed by atoms with van der Waals surface area (Å²) in [7, 11) is 0. The van der Waals surface area contributed by atoms with Crippen molar-refractivity contribution in [2.75, 3.05) is 6.61 Å².